The Morgan fingerprint density at radius 3 is 2.79 bits per heavy atom. The van der Waals surface area contributed by atoms with Crippen LogP contribution in [0.2, 0.25) is 5.02 Å². The van der Waals surface area contributed by atoms with Crippen LogP contribution in [0.4, 0.5) is 10.1 Å². The molecule has 0 bridgehead atoms. The van der Waals surface area contributed by atoms with Crippen LogP contribution in [-0.2, 0) is 20.0 Å². The van der Waals surface area contributed by atoms with E-state index in [-0.39, 0.29) is 5.82 Å². The monoisotopic (exact) mass is 393 g/mol. The van der Waals surface area contributed by atoms with Gasteiger partial charge in [-0.2, -0.15) is 5.10 Å². The topological polar surface area (TPSA) is 29.9 Å². The molecular formula is C13H14ClFIN3. The van der Waals surface area contributed by atoms with Crippen molar-refractivity contribution in [1.29, 1.82) is 0 Å². The molecule has 0 aliphatic rings. The molecule has 1 aromatic carbocycles. The van der Waals surface area contributed by atoms with E-state index in [1.807, 2.05) is 14.0 Å². The van der Waals surface area contributed by atoms with Gasteiger partial charge >= 0.3 is 0 Å². The number of aryl methyl sites for hydroxylation is 2. The van der Waals surface area contributed by atoms with Crippen molar-refractivity contribution < 1.29 is 4.39 Å². The first-order chi connectivity index (χ1) is 9.02. The van der Waals surface area contributed by atoms with E-state index >= 15 is 0 Å². The van der Waals surface area contributed by atoms with E-state index in [0.717, 1.165) is 27.1 Å². The summed E-state index contributed by atoms with van der Waals surface area (Å²) in [6.45, 7) is 2.58. The molecule has 0 unspecified atom stereocenters. The van der Waals surface area contributed by atoms with Crippen LogP contribution in [-0.4, -0.2) is 9.78 Å². The Morgan fingerprint density at radius 1 is 1.47 bits per heavy atom. The number of hydrogen-bond acceptors (Lipinski definition) is 2. The highest BCUT2D eigenvalue weighted by Crippen LogP contribution is 2.24. The zero-order chi connectivity index (χ0) is 14.0. The van der Waals surface area contributed by atoms with E-state index < -0.39 is 0 Å². The zero-order valence-electron chi connectivity index (χ0n) is 10.7. The number of halogens is 3. The molecule has 1 aromatic heterocycles. The van der Waals surface area contributed by atoms with E-state index in [1.54, 1.807) is 10.7 Å². The number of hydrogen-bond donors (Lipinski definition) is 1. The third kappa shape index (κ3) is 3.20. The largest absolute Gasteiger partial charge is 0.378 e. The Hall–Kier alpha value is -0.820. The smallest absolute Gasteiger partial charge is 0.124 e. The fraction of sp³-hybridized carbons (Fsp3) is 0.308. The Labute approximate surface area is 130 Å². The Morgan fingerprint density at radius 2 is 2.21 bits per heavy atom. The highest BCUT2D eigenvalue weighted by atomic mass is 127. The molecular weight excluding hydrogens is 380 g/mol. The summed E-state index contributed by atoms with van der Waals surface area (Å²) in [6, 6.07) is 4.65. The van der Waals surface area contributed by atoms with Crippen molar-refractivity contribution in [2.45, 2.75) is 19.9 Å². The summed E-state index contributed by atoms with van der Waals surface area (Å²) in [7, 11) is 1.87. The Bertz CT molecular complexity index is 598. The lowest BCUT2D eigenvalue weighted by molar-refractivity contribution is 0.627. The SMILES string of the molecule is CCc1nn(C)c(CNc2ccc(F)cc2I)c1Cl. The van der Waals surface area contributed by atoms with E-state index in [2.05, 4.69) is 33.0 Å². The van der Waals surface area contributed by atoms with E-state index in [9.17, 15) is 4.39 Å². The van der Waals surface area contributed by atoms with Gasteiger partial charge in [0, 0.05) is 16.3 Å². The average Bonchev–Trinajstić information content (AvgIpc) is 2.64. The molecule has 0 amide bonds. The molecule has 0 saturated heterocycles. The normalized spacial score (nSPS) is 10.8. The van der Waals surface area contributed by atoms with Gasteiger partial charge in [-0.1, -0.05) is 18.5 Å². The van der Waals surface area contributed by atoms with Crippen LogP contribution in [0.25, 0.3) is 0 Å². The van der Waals surface area contributed by atoms with Gasteiger partial charge in [-0.25, -0.2) is 4.39 Å². The van der Waals surface area contributed by atoms with Crippen LogP contribution in [0, 0.1) is 9.39 Å². The molecule has 3 nitrogen and oxygen atoms in total. The van der Waals surface area contributed by atoms with Crippen LogP contribution >= 0.6 is 34.2 Å². The van der Waals surface area contributed by atoms with Gasteiger partial charge in [-0.3, -0.25) is 4.68 Å². The van der Waals surface area contributed by atoms with Gasteiger partial charge in [0.1, 0.15) is 5.82 Å². The maximum atomic E-state index is 13.0. The number of nitrogens with one attached hydrogen (secondary N) is 1. The van der Waals surface area contributed by atoms with Crippen LogP contribution in [0.5, 0.6) is 0 Å². The van der Waals surface area contributed by atoms with Gasteiger partial charge in [0.05, 0.1) is 23.0 Å². The third-order valence-corrected chi connectivity index (χ3v) is 4.21. The second kappa shape index (κ2) is 6.09. The maximum absolute atomic E-state index is 13.0. The summed E-state index contributed by atoms with van der Waals surface area (Å²) in [5.74, 6) is -0.234. The lowest BCUT2D eigenvalue weighted by atomic mass is 10.2. The quantitative estimate of drug-likeness (QED) is 0.796. The average molecular weight is 394 g/mol. The number of rotatable bonds is 4. The molecule has 1 N–H and O–H groups in total. The van der Waals surface area contributed by atoms with Gasteiger partial charge in [0.15, 0.2) is 0 Å². The van der Waals surface area contributed by atoms with Crippen LogP contribution in [0.3, 0.4) is 0 Å². The van der Waals surface area contributed by atoms with E-state index in [1.165, 1.54) is 12.1 Å². The maximum Gasteiger partial charge on any atom is 0.124 e. The molecule has 0 radical (unpaired) electrons. The molecule has 102 valence electrons. The van der Waals surface area contributed by atoms with Crippen molar-refractivity contribution in [1.82, 2.24) is 9.78 Å². The Kier molecular flexibility index (Phi) is 4.67. The molecule has 2 aromatic rings. The minimum Gasteiger partial charge on any atom is -0.378 e. The van der Waals surface area contributed by atoms with Crippen molar-refractivity contribution in [3.05, 3.63) is 44.0 Å². The summed E-state index contributed by atoms with van der Waals surface area (Å²) in [5.41, 5.74) is 2.71. The van der Waals surface area contributed by atoms with Crippen molar-refractivity contribution in [2.75, 3.05) is 5.32 Å². The third-order valence-electron chi connectivity index (χ3n) is 2.88. The summed E-state index contributed by atoms with van der Waals surface area (Å²) < 4.78 is 15.6. The molecule has 6 heteroatoms. The van der Waals surface area contributed by atoms with Gasteiger partial charge in [-0.05, 0) is 47.2 Å². The van der Waals surface area contributed by atoms with Crippen LogP contribution < -0.4 is 5.32 Å². The number of nitrogens with zero attached hydrogens (tertiary/aromatic N) is 2. The van der Waals surface area contributed by atoms with Crippen molar-refractivity contribution in [2.24, 2.45) is 7.05 Å². The molecule has 19 heavy (non-hydrogen) atoms. The van der Waals surface area contributed by atoms with Gasteiger partial charge < -0.3 is 5.32 Å². The first kappa shape index (κ1) is 14.6. The van der Waals surface area contributed by atoms with Crippen molar-refractivity contribution in [3.63, 3.8) is 0 Å². The highest BCUT2D eigenvalue weighted by Gasteiger charge is 2.13. The molecule has 0 spiro atoms. The fourth-order valence-corrected chi connectivity index (χ4v) is 2.85. The minimum atomic E-state index is -0.234. The second-order valence-electron chi connectivity index (χ2n) is 4.16. The zero-order valence-corrected chi connectivity index (χ0v) is 13.6. The molecule has 0 fully saturated rings. The summed E-state index contributed by atoms with van der Waals surface area (Å²) >= 11 is 8.38. The summed E-state index contributed by atoms with van der Waals surface area (Å²) in [4.78, 5) is 0. The minimum absolute atomic E-state index is 0.234. The fourth-order valence-electron chi connectivity index (χ4n) is 1.82. The molecule has 1 heterocycles. The van der Waals surface area contributed by atoms with Crippen LogP contribution in [0.1, 0.15) is 18.3 Å². The van der Waals surface area contributed by atoms with E-state index in [0.29, 0.717) is 11.6 Å². The predicted octanol–water partition coefficient (Wildman–Crippen LogP) is 3.99. The summed E-state index contributed by atoms with van der Waals surface area (Å²) in [5, 5.41) is 8.32. The lowest BCUT2D eigenvalue weighted by Crippen LogP contribution is -2.06. The molecule has 0 aliphatic heterocycles. The Balaban J connectivity index is 2.16. The molecule has 2 rings (SSSR count). The van der Waals surface area contributed by atoms with Gasteiger partial charge in [0.25, 0.3) is 0 Å². The summed E-state index contributed by atoms with van der Waals surface area (Å²) in [6.07, 6.45) is 0.806. The molecule has 0 saturated carbocycles. The first-order valence-corrected chi connectivity index (χ1v) is 7.37. The van der Waals surface area contributed by atoms with E-state index in [4.69, 9.17) is 11.6 Å². The van der Waals surface area contributed by atoms with Crippen LogP contribution in [0.15, 0.2) is 18.2 Å². The van der Waals surface area contributed by atoms with Crippen molar-refractivity contribution in [3.8, 4) is 0 Å². The molecule has 0 aliphatic carbocycles. The number of aromatic nitrogens is 2. The van der Waals surface area contributed by atoms with Gasteiger partial charge in [0.2, 0.25) is 0 Å². The van der Waals surface area contributed by atoms with Gasteiger partial charge in [-0.15, -0.1) is 0 Å². The molecule has 0 atom stereocenters. The second-order valence-corrected chi connectivity index (χ2v) is 5.70. The lowest BCUT2D eigenvalue weighted by Gasteiger charge is -2.09. The first-order valence-electron chi connectivity index (χ1n) is 5.92. The van der Waals surface area contributed by atoms with Crippen molar-refractivity contribution >= 4 is 39.9 Å². The highest BCUT2D eigenvalue weighted by molar-refractivity contribution is 14.1. The predicted molar refractivity (Wildman–Crippen MR) is 84.0 cm³/mol. The number of benzene rings is 1. The standard InChI is InChI=1S/C13H14ClFIN3/c1-3-10-13(14)12(19(2)18-10)7-17-11-5-4-8(15)6-9(11)16/h4-6,17H,3,7H2,1-2H3. The number of anilines is 1.